The topological polar surface area (TPSA) is 46.9 Å². The number of rotatable bonds is 7. The molecule has 0 bridgehead atoms. The third kappa shape index (κ3) is 3.97. The van der Waals surface area contributed by atoms with Crippen LogP contribution < -0.4 is 5.32 Å². The molecule has 0 saturated carbocycles. The van der Waals surface area contributed by atoms with E-state index in [-0.39, 0.29) is 11.9 Å². The van der Waals surface area contributed by atoms with Gasteiger partial charge in [-0.3, -0.25) is 9.48 Å². The van der Waals surface area contributed by atoms with Crippen LogP contribution in [0.1, 0.15) is 60.9 Å². The van der Waals surface area contributed by atoms with Crippen molar-refractivity contribution in [3.05, 3.63) is 53.3 Å². The number of aryl methyl sites for hydroxylation is 2. The molecule has 1 aromatic carbocycles. The van der Waals surface area contributed by atoms with Crippen LogP contribution in [0.3, 0.4) is 0 Å². The van der Waals surface area contributed by atoms with Crippen LogP contribution in [0.2, 0.25) is 0 Å². The zero-order chi connectivity index (χ0) is 15.9. The van der Waals surface area contributed by atoms with Gasteiger partial charge in [0.1, 0.15) is 5.69 Å². The smallest absolute Gasteiger partial charge is 0.270 e. The Labute approximate surface area is 132 Å². The molecule has 1 N–H and O–H groups in total. The number of amides is 1. The number of hydrogen-bond acceptors (Lipinski definition) is 2. The van der Waals surface area contributed by atoms with Crippen LogP contribution in [-0.2, 0) is 13.5 Å². The van der Waals surface area contributed by atoms with Crippen LogP contribution in [0.4, 0.5) is 0 Å². The molecular formula is C18H25N3O. The van der Waals surface area contributed by atoms with Crippen LogP contribution in [0.15, 0.2) is 36.4 Å². The molecule has 0 aliphatic heterocycles. The van der Waals surface area contributed by atoms with Crippen molar-refractivity contribution in [3.63, 3.8) is 0 Å². The highest BCUT2D eigenvalue weighted by molar-refractivity contribution is 5.92. The summed E-state index contributed by atoms with van der Waals surface area (Å²) in [5.74, 6) is -0.0559. The summed E-state index contributed by atoms with van der Waals surface area (Å²) in [5.41, 5.74) is 2.75. The number of nitrogens with one attached hydrogen (secondary N) is 1. The van der Waals surface area contributed by atoms with Gasteiger partial charge in [0, 0.05) is 7.05 Å². The van der Waals surface area contributed by atoms with Gasteiger partial charge in [-0.2, -0.15) is 5.10 Å². The highest BCUT2D eigenvalue weighted by atomic mass is 16.2. The Morgan fingerprint density at radius 2 is 1.95 bits per heavy atom. The minimum absolute atomic E-state index is 0.0447. The molecule has 1 atom stereocenters. The lowest BCUT2D eigenvalue weighted by molar-refractivity contribution is 0.0925. The summed E-state index contributed by atoms with van der Waals surface area (Å²) in [7, 11) is 1.82. The molecule has 0 saturated heterocycles. The monoisotopic (exact) mass is 299 g/mol. The number of carbonyl (C=O) groups is 1. The van der Waals surface area contributed by atoms with Gasteiger partial charge in [0.15, 0.2) is 0 Å². The summed E-state index contributed by atoms with van der Waals surface area (Å²) in [5, 5.41) is 7.55. The minimum Gasteiger partial charge on any atom is -0.344 e. The van der Waals surface area contributed by atoms with Gasteiger partial charge in [0.2, 0.25) is 0 Å². The van der Waals surface area contributed by atoms with Crippen LogP contribution in [0.5, 0.6) is 0 Å². The van der Waals surface area contributed by atoms with Crippen molar-refractivity contribution in [3.8, 4) is 0 Å². The van der Waals surface area contributed by atoms with E-state index in [1.165, 1.54) is 0 Å². The van der Waals surface area contributed by atoms with E-state index in [2.05, 4.69) is 36.4 Å². The molecular weight excluding hydrogens is 274 g/mol. The zero-order valence-corrected chi connectivity index (χ0v) is 13.7. The average molecular weight is 299 g/mol. The van der Waals surface area contributed by atoms with Crippen molar-refractivity contribution in [1.29, 1.82) is 0 Å². The van der Waals surface area contributed by atoms with E-state index >= 15 is 0 Å². The molecule has 0 aliphatic carbocycles. The van der Waals surface area contributed by atoms with Gasteiger partial charge in [-0.15, -0.1) is 0 Å². The summed E-state index contributed by atoms with van der Waals surface area (Å²) in [6.07, 6.45) is 3.88. The van der Waals surface area contributed by atoms with Crippen molar-refractivity contribution in [2.24, 2.45) is 7.05 Å². The Hall–Kier alpha value is -2.10. The van der Waals surface area contributed by atoms with Crippen molar-refractivity contribution in [2.75, 3.05) is 0 Å². The quantitative estimate of drug-likeness (QED) is 0.848. The fourth-order valence-electron chi connectivity index (χ4n) is 2.65. The number of benzene rings is 1. The maximum atomic E-state index is 12.6. The molecule has 0 fully saturated rings. The highest BCUT2D eigenvalue weighted by Gasteiger charge is 2.18. The molecule has 1 aromatic heterocycles. The Morgan fingerprint density at radius 3 is 2.59 bits per heavy atom. The average Bonchev–Trinajstić information content (AvgIpc) is 2.89. The van der Waals surface area contributed by atoms with Crippen LogP contribution >= 0.6 is 0 Å². The largest absolute Gasteiger partial charge is 0.344 e. The van der Waals surface area contributed by atoms with Gasteiger partial charge in [0.05, 0.1) is 11.7 Å². The van der Waals surface area contributed by atoms with E-state index in [0.29, 0.717) is 5.69 Å². The summed E-state index contributed by atoms with van der Waals surface area (Å²) < 4.78 is 1.67. The van der Waals surface area contributed by atoms with Crippen molar-refractivity contribution in [1.82, 2.24) is 15.1 Å². The maximum Gasteiger partial charge on any atom is 0.270 e. The van der Waals surface area contributed by atoms with E-state index in [4.69, 9.17) is 0 Å². The molecule has 2 rings (SSSR count). The molecule has 0 aliphatic rings. The molecule has 22 heavy (non-hydrogen) atoms. The summed E-state index contributed by atoms with van der Waals surface area (Å²) in [6, 6.07) is 12.1. The number of hydrogen-bond donors (Lipinski definition) is 1. The van der Waals surface area contributed by atoms with Gasteiger partial charge in [-0.25, -0.2) is 0 Å². The Balaban J connectivity index is 2.14. The summed E-state index contributed by atoms with van der Waals surface area (Å²) in [4.78, 5) is 12.6. The second-order valence-electron chi connectivity index (χ2n) is 5.62. The molecule has 0 unspecified atom stereocenters. The second kappa shape index (κ2) is 7.78. The van der Waals surface area contributed by atoms with E-state index in [9.17, 15) is 4.79 Å². The van der Waals surface area contributed by atoms with Gasteiger partial charge in [0.25, 0.3) is 5.91 Å². The highest BCUT2D eigenvalue weighted by Crippen LogP contribution is 2.19. The van der Waals surface area contributed by atoms with Gasteiger partial charge >= 0.3 is 0 Å². The molecule has 0 radical (unpaired) electrons. The lowest BCUT2D eigenvalue weighted by Gasteiger charge is -2.18. The first-order valence-corrected chi connectivity index (χ1v) is 8.04. The van der Waals surface area contributed by atoms with E-state index < -0.39 is 0 Å². The van der Waals surface area contributed by atoms with Crippen molar-refractivity contribution >= 4 is 5.91 Å². The van der Waals surface area contributed by atoms with Gasteiger partial charge in [-0.1, -0.05) is 57.0 Å². The normalized spacial score (nSPS) is 12.1. The first kappa shape index (κ1) is 16.3. The number of nitrogens with zero attached hydrogens (tertiary/aromatic N) is 2. The molecule has 118 valence electrons. The van der Waals surface area contributed by atoms with E-state index in [0.717, 1.165) is 36.9 Å². The molecule has 1 amide bonds. The summed E-state index contributed by atoms with van der Waals surface area (Å²) >= 11 is 0. The fraction of sp³-hybridized carbons (Fsp3) is 0.444. The molecule has 2 aromatic rings. The molecule has 4 nitrogen and oxygen atoms in total. The van der Waals surface area contributed by atoms with Crippen molar-refractivity contribution < 1.29 is 4.79 Å². The molecule has 4 heteroatoms. The third-order valence-corrected chi connectivity index (χ3v) is 3.75. The Kier molecular flexibility index (Phi) is 5.75. The minimum atomic E-state index is -0.0559. The second-order valence-corrected chi connectivity index (χ2v) is 5.62. The first-order chi connectivity index (χ1) is 10.7. The number of aromatic nitrogens is 2. The van der Waals surface area contributed by atoms with Crippen LogP contribution in [-0.4, -0.2) is 15.7 Å². The first-order valence-electron chi connectivity index (χ1n) is 8.04. The van der Waals surface area contributed by atoms with Crippen molar-refractivity contribution in [2.45, 2.75) is 45.6 Å². The fourth-order valence-corrected chi connectivity index (χ4v) is 2.65. The lowest BCUT2D eigenvalue weighted by atomic mass is 10.0. The predicted octanol–water partition coefficient (Wildman–Crippen LogP) is 3.64. The third-order valence-electron chi connectivity index (χ3n) is 3.75. The zero-order valence-electron chi connectivity index (χ0n) is 13.7. The Morgan fingerprint density at radius 1 is 1.23 bits per heavy atom. The van der Waals surface area contributed by atoms with Gasteiger partial charge < -0.3 is 5.32 Å². The SMILES string of the molecule is CCCc1cc(C(=O)N[C@@H](CCC)c2ccccc2)n(C)n1. The van der Waals surface area contributed by atoms with Crippen LogP contribution in [0, 0.1) is 0 Å². The molecule has 1 heterocycles. The van der Waals surface area contributed by atoms with E-state index in [1.807, 2.05) is 31.3 Å². The maximum absolute atomic E-state index is 12.6. The predicted molar refractivity (Wildman–Crippen MR) is 88.8 cm³/mol. The summed E-state index contributed by atoms with van der Waals surface area (Å²) in [6.45, 7) is 4.24. The standard InChI is InChI=1S/C18H25N3O/c1-4-9-15-13-17(21(3)20-15)18(22)19-16(10-5-2)14-11-7-6-8-12-14/h6-8,11-13,16H,4-5,9-10H2,1-3H3,(H,19,22)/t16-/m0/s1. The van der Waals surface area contributed by atoms with Gasteiger partial charge in [-0.05, 0) is 24.5 Å². The lowest BCUT2D eigenvalue weighted by Crippen LogP contribution is -2.30. The number of carbonyl (C=O) groups excluding carboxylic acids is 1. The Bertz CT molecular complexity index is 604. The van der Waals surface area contributed by atoms with E-state index in [1.54, 1.807) is 4.68 Å². The van der Waals surface area contributed by atoms with Crippen LogP contribution in [0.25, 0.3) is 0 Å². The molecule has 0 spiro atoms.